The van der Waals surface area contributed by atoms with E-state index in [1.54, 1.807) is 6.20 Å². The summed E-state index contributed by atoms with van der Waals surface area (Å²) in [6, 6.07) is 2.56. The second-order valence-corrected chi connectivity index (χ2v) is 4.52. The highest BCUT2D eigenvalue weighted by Crippen LogP contribution is 2.09. The maximum Gasteiger partial charge on any atom is 0.0410 e. The van der Waals surface area contributed by atoms with Gasteiger partial charge in [-0.2, -0.15) is 0 Å². The Hall–Kier alpha value is -0.450. The standard InChI is InChI=1S/C11H18BrN3/c1-3-13-5-9(2)15-7-10-4-11(12)8-14-6-10/h4,6,8-9,13,15H,3,5,7H2,1-2H3. The number of nitrogens with one attached hydrogen (secondary N) is 2. The zero-order chi connectivity index (χ0) is 11.1. The van der Waals surface area contributed by atoms with Gasteiger partial charge in [-0.1, -0.05) is 6.92 Å². The van der Waals surface area contributed by atoms with Crippen LogP contribution in [0.4, 0.5) is 0 Å². The summed E-state index contributed by atoms with van der Waals surface area (Å²) >= 11 is 3.41. The lowest BCUT2D eigenvalue weighted by Crippen LogP contribution is -2.35. The van der Waals surface area contributed by atoms with Crippen molar-refractivity contribution in [3.8, 4) is 0 Å². The third-order valence-corrected chi connectivity index (χ3v) is 2.55. The number of nitrogens with zero attached hydrogens (tertiary/aromatic N) is 1. The first-order chi connectivity index (χ1) is 7.22. The van der Waals surface area contributed by atoms with Gasteiger partial charge in [0.25, 0.3) is 0 Å². The van der Waals surface area contributed by atoms with Crippen LogP contribution in [0, 0.1) is 0 Å². The molecule has 4 heteroatoms. The van der Waals surface area contributed by atoms with Crippen molar-refractivity contribution in [1.82, 2.24) is 15.6 Å². The molecular formula is C11H18BrN3. The molecule has 0 aromatic carbocycles. The summed E-state index contributed by atoms with van der Waals surface area (Å²) in [5.41, 5.74) is 1.20. The van der Waals surface area contributed by atoms with Crippen molar-refractivity contribution in [2.75, 3.05) is 13.1 Å². The van der Waals surface area contributed by atoms with Gasteiger partial charge in [0.1, 0.15) is 0 Å². The van der Waals surface area contributed by atoms with Crippen molar-refractivity contribution in [3.63, 3.8) is 0 Å². The maximum absolute atomic E-state index is 4.12. The van der Waals surface area contributed by atoms with E-state index in [-0.39, 0.29) is 0 Å². The van der Waals surface area contributed by atoms with E-state index in [1.165, 1.54) is 5.56 Å². The van der Waals surface area contributed by atoms with E-state index in [2.05, 4.69) is 51.5 Å². The first kappa shape index (κ1) is 12.6. The molecule has 15 heavy (non-hydrogen) atoms. The Bertz CT molecular complexity index is 291. The quantitative estimate of drug-likeness (QED) is 0.831. The van der Waals surface area contributed by atoms with Gasteiger partial charge in [-0.3, -0.25) is 4.98 Å². The number of halogens is 1. The number of likely N-dealkylation sites (N-methyl/N-ethyl adjacent to an activating group) is 1. The molecule has 1 atom stereocenters. The predicted octanol–water partition coefficient (Wildman–Crippen LogP) is 1.93. The molecule has 2 N–H and O–H groups in total. The normalized spacial score (nSPS) is 12.7. The molecule has 0 radical (unpaired) electrons. The molecule has 0 aliphatic heterocycles. The van der Waals surface area contributed by atoms with Crippen LogP contribution in [0.5, 0.6) is 0 Å². The van der Waals surface area contributed by atoms with Gasteiger partial charge >= 0.3 is 0 Å². The molecular weight excluding hydrogens is 254 g/mol. The van der Waals surface area contributed by atoms with Gasteiger partial charge in [0.05, 0.1) is 0 Å². The summed E-state index contributed by atoms with van der Waals surface area (Å²) in [5, 5.41) is 6.75. The van der Waals surface area contributed by atoms with Crippen LogP contribution in [-0.4, -0.2) is 24.1 Å². The number of aromatic nitrogens is 1. The van der Waals surface area contributed by atoms with Crippen molar-refractivity contribution < 1.29 is 0 Å². The van der Waals surface area contributed by atoms with Crippen LogP contribution in [0.15, 0.2) is 22.9 Å². The van der Waals surface area contributed by atoms with E-state index in [0.717, 1.165) is 24.1 Å². The Labute approximate surface area is 99.8 Å². The van der Waals surface area contributed by atoms with Crippen LogP contribution in [0.25, 0.3) is 0 Å². The topological polar surface area (TPSA) is 37.0 Å². The van der Waals surface area contributed by atoms with Gasteiger partial charge in [-0.25, -0.2) is 0 Å². The minimum Gasteiger partial charge on any atom is -0.315 e. The average Bonchev–Trinajstić information content (AvgIpc) is 2.23. The minimum atomic E-state index is 0.476. The summed E-state index contributed by atoms with van der Waals surface area (Å²) in [5.74, 6) is 0. The number of hydrogen-bond acceptors (Lipinski definition) is 3. The van der Waals surface area contributed by atoms with Crippen LogP contribution < -0.4 is 10.6 Å². The van der Waals surface area contributed by atoms with E-state index in [0.29, 0.717) is 6.04 Å². The summed E-state index contributed by atoms with van der Waals surface area (Å²) in [6.07, 6.45) is 3.68. The lowest BCUT2D eigenvalue weighted by atomic mass is 10.2. The van der Waals surface area contributed by atoms with Gasteiger partial charge in [-0.05, 0) is 41.0 Å². The van der Waals surface area contributed by atoms with Gasteiger partial charge < -0.3 is 10.6 Å². The predicted molar refractivity (Wildman–Crippen MR) is 66.8 cm³/mol. The fourth-order valence-corrected chi connectivity index (χ4v) is 1.69. The lowest BCUT2D eigenvalue weighted by Gasteiger charge is -2.13. The fraction of sp³-hybridized carbons (Fsp3) is 0.545. The van der Waals surface area contributed by atoms with Crippen LogP contribution in [0.3, 0.4) is 0 Å². The maximum atomic E-state index is 4.12. The molecule has 84 valence electrons. The minimum absolute atomic E-state index is 0.476. The summed E-state index contributed by atoms with van der Waals surface area (Å²) in [4.78, 5) is 4.12. The molecule has 1 rings (SSSR count). The molecule has 0 saturated heterocycles. The third-order valence-electron chi connectivity index (χ3n) is 2.12. The number of rotatable bonds is 6. The largest absolute Gasteiger partial charge is 0.315 e. The van der Waals surface area contributed by atoms with Gasteiger partial charge in [-0.15, -0.1) is 0 Å². The smallest absolute Gasteiger partial charge is 0.0410 e. The number of hydrogen-bond donors (Lipinski definition) is 2. The van der Waals surface area contributed by atoms with Crippen LogP contribution >= 0.6 is 15.9 Å². The fourth-order valence-electron chi connectivity index (χ4n) is 1.28. The summed E-state index contributed by atoms with van der Waals surface area (Å²) in [7, 11) is 0. The monoisotopic (exact) mass is 271 g/mol. The van der Waals surface area contributed by atoms with Gasteiger partial charge in [0.15, 0.2) is 0 Å². The zero-order valence-corrected chi connectivity index (χ0v) is 10.8. The molecule has 0 aliphatic rings. The molecule has 0 bridgehead atoms. The molecule has 0 fully saturated rings. The molecule has 0 spiro atoms. The van der Waals surface area contributed by atoms with Crippen molar-refractivity contribution >= 4 is 15.9 Å². The van der Waals surface area contributed by atoms with Crippen molar-refractivity contribution in [1.29, 1.82) is 0 Å². The van der Waals surface area contributed by atoms with Crippen LogP contribution in [0.1, 0.15) is 19.4 Å². The van der Waals surface area contributed by atoms with E-state index in [4.69, 9.17) is 0 Å². The van der Waals surface area contributed by atoms with Crippen molar-refractivity contribution in [2.24, 2.45) is 0 Å². The highest BCUT2D eigenvalue weighted by atomic mass is 79.9. The van der Waals surface area contributed by atoms with E-state index >= 15 is 0 Å². The molecule has 1 unspecified atom stereocenters. The molecule has 3 nitrogen and oxygen atoms in total. The average molecular weight is 272 g/mol. The first-order valence-electron chi connectivity index (χ1n) is 5.26. The van der Waals surface area contributed by atoms with Crippen LogP contribution in [-0.2, 0) is 6.54 Å². The van der Waals surface area contributed by atoms with Gasteiger partial charge in [0, 0.05) is 36.0 Å². The molecule has 0 amide bonds. The SMILES string of the molecule is CCNCC(C)NCc1cncc(Br)c1. The van der Waals surface area contributed by atoms with Crippen molar-refractivity contribution in [2.45, 2.75) is 26.4 Å². The van der Waals surface area contributed by atoms with E-state index in [9.17, 15) is 0 Å². The number of pyridine rings is 1. The third kappa shape index (κ3) is 5.25. The molecule has 0 saturated carbocycles. The molecule has 1 heterocycles. The second kappa shape index (κ2) is 6.93. The molecule has 1 aromatic rings. The summed E-state index contributed by atoms with van der Waals surface area (Å²) in [6.45, 7) is 7.17. The van der Waals surface area contributed by atoms with Gasteiger partial charge in [0.2, 0.25) is 0 Å². The van der Waals surface area contributed by atoms with E-state index < -0.39 is 0 Å². The second-order valence-electron chi connectivity index (χ2n) is 3.60. The molecule has 1 aromatic heterocycles. The highest BCUT2D eigenvalue weighted by molar-refractivity contribution is 9.10. The Morgan fingerprint density at radius 2 is 2.27 bits per heavy atom. The Morgan fingerprint density at radius 1 is 1.47 bits per heavy atom. The lowest BCUT2D eigenvalue weighted by molar-refractivity contribution is 0.508. The summed E-state index contributed by atoms with van der Waals surface area (Å²) < 4.78 is 1.03. The zero-order valence-electron chi connectivity index (χ0n) is 9.26. The first-order valence-corrected chi connectivity index (χ1v) is 6.05. The highest BCUT2D eigenvalue weighted by Gasteiger charge is 2.00. The van der Waals surface area contributed by atoms with Crippen molar-refractivity contribution in [3.05, 3.63) is 28.5 Å². The molecule has 0 aliphatic carbocycles. The Kier molecular flexibility index (Phi) is 5.83. The Morgan fingerprint density at radius 3 is 2.93 bits per heavy atom. The Balaban J connectivity index is 2.30. The van der Waals surface area contributed by atoms with E-state index in [1.807, 2.05) is 6.20 Å². The van der Waals surface area contributed by atoms with Crippen LogP contribution in [0.2, 0.25) is 0 Å².